The van der Waals surface area contributed by atoms with Gasteiger partial charge in [-0.3, -0.25) is 4.79 Å². The highest BCUT2D eigenvalue weighted by Gasteiger charge is 2.22. The molecule has 0 heterocycles. The van der Waals surface area contributed by atoms with Crippen molar-refractivity contribution < 1.29 is 27.1 Å². The average Bonchev–Trinajstić information content (AvgIpc) is 2.55. The fourth-order valence-corrected chi connectivity index (χ4v) is 2.54. The number of amides is 1. The van der Waals surface area contributed by atoms with E-state index in [-0.39, 0.29) is 24.3 Å². The maximum atomic E-state index is 13.3. The monoisotopic (exact) mass is 370 g/mol. The minimum absolute atomic E-state index is 0.0354. The van der Waals surface area contributed by atoms with Crippen LogP contribution in [-0.4, -0.2) is 25.1 Å². The third kappa shape index (κ3) is 5.19. The molecule has 2 aromatic rings. The van der Waals surface area contributed by atoms with Gasteiger partial charge in [0.25, 0.3) is 0 Å². The number of ether oxygens (including phenoxy) is 1. The molecule has 2 rings (SSSR count). The van der Waals surface area contributed by atoms with Gasteiger partial charge in [-0.05, 0) is 55.3 Å². The summed E-state index contributed by atoms with van der Waals surface area (Å²) in [6, 6.07) is 7.47. The van der Waals surface area contributed by atoms with Gasteiger partial charge in [0.15, 0.2) is 0 Å². The van der Waals surface area contributed by atoms with Gasteiger partial charge in [0.1, 0.15) is 17.4 Å². The van der Waals surface area contributed by atoms with Crippen LogP contribution in [0, 0.1) is 11.6 Å². The van der Waals surface area contributed by atoms with E-state index < -0.39 is 30.2 Å². The summed E-state index contributed by atoms with van der Waals surface area (Å²) in [6.07, 6.45) is -0.0450. The standard InChI is InChI=1S/C18H18F4N2O2/c1-2-24(14-3-5-15(6-4-14)26-18(21)22)17(25)16(23)9-11-7-12(19)10-13(20)8-11/h3-8,10,16,18H,2,9,23H2,1H3/t16-/m0/s1. The lowest BCUT2D eigenvalue weighted by atomic mass is 10.0. The quantitative estimate of drug-likeness (QED) is 0.759. The van der Waals surface area contributed by atoms with Crippen molar-refractivity contribution in [2.75, 3.05) is 11.4 Å². The summed E-state index contributed by atoms with van der Waals surface area (Å²) in [5.41, 5.74) is 6.61. The summed E-state index contributed by atoms with van der Waals surface area (Å²) in [6.45, 7) is -0.945. The first-order valence-corrected chi connectivity index (χ1v) is 7.87. The zero-order valence-electron chi connectivity index (χ0n) is 14.0. The normalized spacial score (nSPS) is 12.1. The van der Waals surface area contributed by atoms with E-state index >= 15 is 0 Å². The van der Waals surface area contributed by atoms with Crippen LogP contribution in [0.2, 0.25) is 0 Å². The smallest absolute Gasteiger partial charge is 0.387 e. The lowest BCUT2D eigenvalue weighted by Gasteiger charge is -2.25. The van der Waals surface area contributed by atoms with Crippen molar-refractivity contribution in [2.24, 2.45) is 5.73 Å². The topological polar surface area (TPSA) is 55.6 Å². The molecule has 0 unspecified atom stereocenters. The molecule has 26 heavy (non-hydrogen) atoms. The summed E-state index contributed by atoms with van der Waals surface area (Å²) in [5, 5.41) is 0. The predicted octanol–water partition coefficient (Wildman–Crippen LogP) is 3.49. The number of likely N-dealkylation sites (N-methyl/N-ethyl adjacent to an activating group) is 1. The lowest BCUT2D eigenvalue weighted by molar-refractivity contribution is -0.119. The number of rotatable bonds is 7. The van der Waals surface area contributed by atoms with Crippen LogP contribution in [0.15, 0.2) is 42.5 Å². The lowest BCUT2D eigenvalue weighted by Crippen LogP contribution is -2.45. The third-order valence-corrected chi connectivity index (χ3v) is 3.65. The van der Waals surface area contributed by atoms with Crippen molar-refractivity contribution in [2.45, 2.75) is 26.0 Å². The van der Waals surface area contributed by atoms with Gasteiger partial charge in [0, 0.05) is 18.3 Å². The van der Waals surface area contributed by atoms with Crippen molar-refractivity contribution in [1.29, 1.82) is 0 Å². The Bertz CT molecular complexity index is 733. The number of benzene rings is 2. The Morgan fingerprint density at radius 2 is 1.69 bits per heavy atom. The third-order valence-electron chi connectivity index (χ3n) is 3.65. The Hall–Kier alpha value is -2.61. The van der Waals surface area contributed by atoms with Crippen LogP contribution in [-0.2, 0) is 11.2 Å². The second-order valence-electron chi connectivity index (χ2n) is 5.54. The molecule has 0 aliphatic carbocycles. The summed E-state index contributed by atoms with van der Waals surface area (Å²) >= 11 is 0. The fraction of sp³-hybridized carbons (Fsp3) is 0.278. The molecule has 0 bridgehead atoms. The highest BCUT2D eigenvalue weighted by atomic mass is 19.3. The van der Waals surface area contributed by atoms with E-state index in [1.807, 2.05) is 0 Å². The number of halogens is 4. The molecule has 0 radical (unpaired) electrons. The average molecular weight is 370 g/mol. The number of carbonyl (C=O) groups excluding carboxylic acids is 1. The largest absolute Gasteiger partial charge is 0.435 e. The summed E-state index contributed by atoms with van der Waals surface area (Å²) in [7, 11) is 0. The molecule has 140 valence electrons. The van der Waals surface area contributed by atoms with E-state index in [0.717, 1.165) is 18.2 Å². The van der Waals surface area contributed by atoms with E-state index in [9.17, 15) is 22.4 Å². The molecule has 0 aliphatic heterocycles. The number of hydrogen-bond acceptors (Lipinski definition) is 3. The molecule has 4 nitrogen and oxygen atoms in total. The van der Waals surface area contributed by atoms with Gasteiger partial charge in [0.2, 0.25) is 5.91 Å². The molecule has 1 amide bonds. The van der Waals surface area contributed by atoms with Gasteiger partial charge in [0.05, 0.1) is 6.04 Å². The molecule has 0 spiro atoms. The molecular weight excluding hydrogens is 352 g/mol. The van der Waals surface area contributed by atoms with Crippen molar-refractivity contribution in [3.05, 3.63) is 59.7 Å². The SMILES string of the molecule is CCN(C(=O)[C@@H](N)Cc1cc(F)cc(F)c1)c1ccc(OC(F)F)cc1. The number of hydrogen-bond donors (Lipinski definition) is 1. The van der Waals surface area contributed by atoms with Crippen molar-refractivity contribution >= 4 is 11.6 Å². The molecule has 0 aliphatic rings. The maximum Gasteiger partial charge on any atom is 0.387 e. The van der Waals surface area contributed by atoms with Gasteiger partial charge in [-0.15, -0.1) is 0 Å². The highest BCUT2D eigenvalue weighted by Crippen LogP contribution is 2.22. The first kappa shape index (κ1) is 19.7. The van der Waals surface area contributed by atoms with Crippen LogP contribution in [0.1, 0.15) is 12.5 Å². The van der Waals surface area contributed by atoms with Gasteiger partial charge >= 0.3 is 6.61 Å². The molecule has 0 aromatic heterocycles. The second-order valence-corrected chi connectivity index (χ2v) is 5.54. The van der Waals surface area contributed by atoms with E-state index in [1.165, 1.54) is 29.2 Å². The molecule has 2 aromatic carbocycles. The summed E-state index contributed by atoms with van der Waals surface area (Å²) < 4.78 is 55.1. The van der Waals surface area contributed by atoms with Crippen LogP contribution < -0.4 is 15.4 Å². The van der Waals surface area contributed by atoms with Crippen molar-refractivity contribution in [3.63, 3.8) is 0 Å². The molecule has 0 fully saturated rings. The molecule has 1 atom stereocenters. The summed E-state index contributed by atoms with van der Waals surface area (Å²) in [4.78, 5) is 13.9. The van der Waals surface area contributed by atoms with Gasteiger partial charge < -0.3 is 15.4 Å². The van der Waals surface area contributed by atoms with E-state index in [0.29, 0.717) is 5.69 Å². The molecule has 0 saturated carbocycles. The maximum absolute atomic E-state index is 13.3. The Morgan fingerprint density at radius 1 is 1.12 bits per heavy atom. The Balaban J connectivity index is 2.11. The minimum atomic E-state index is -2.94. The number of carbonyl (C=O) groups is 1. The van der Waals surface area contributed by atoms with E-state index in [2.05, 4.69) is 4.74 Å². The van der Waals surface area contributed by atoms with Crippen molar-refractivity contribution in [3.8, 4) is 5.75 Å². The summed E-state index contributed by atoms with van der Waals surface area (Å²) in [5.74, 6) is -1.99. The second kappa shape index (κ2) is 8.66. The van der Waals surface area contributed by atoms with Gasteiger partial charge in [-0.25, -0.2) is 8.78 Å². The number of nitrogens with zero attached hydrogens (tertiary/aromatic N) is 1. The zero-order valence-corrected chi connectivity index (χ0v) is 14.0. The fourth-order valence-electron chi connectivity index (χ4n) is 2.54. The van der Waals surface area contributed by atoms with Gasteiger partial charge in [-0.1, -0.05) is 0 Å². The predicted molar refractivity (Wildman–Crippen MR) is 89.1 cm³/mol. The van der Waals surface area contributed by atoms with Crippen LogP contribution in [0.25, 0.3) is 0 Å². The number of alkyl halides is 2. The van der Waals surface area contributed by atoms with Crippen LogP contribution in [0.5, 0.6) is 5.75 Å². The Kier molecular flexibility index (Phi) is 6.57. The van der Waals surface area contributed by atoms with E-state index in [1.54, 1.807) is 6.92 Å². The Morgan fingerprint density at radius 3 is 2.19 bits per heavy atom. The number of anilines is 1. The molecule has 0 saturated heterocycles. The number of nitrogens with two attached hydrogens (primary N) is 1. The first-order valence-electron chi connectivity index (χ1n) is 7.87. The first-order chi connectivity index (χ1) is 12.3. The van der Waals surface area contributed by atoms with Gasteiger partial charge in [-0.2, -0.15) is 8.78 Å². The zero-order chi connectivity index (χ0) is 19.3. The van der Waals surface area contributed by atoms with Crippen LogP contribution in [0.3, 0.4) is 0 Å². The minimum Gasteiger partial charge on any atom is -0.435 e. The molecule has 2 N–H and O–H groups in total. The molecule has 8 heteroatoms. The van der Waals surface area contributed by atoms with Crippen molar-refractivity contribution in [1.82, 2.24) is 0 Å². The van der Waals surface area contributed by atoms with Crippen LogP contribution >= 0.6 is 0 Å². The van der Waals surface area contributed by atoms with E-state index in [4.69, 9.17) is 5.73 Å². The molecular formula is C18H18F4N2O2. The Labute approximate surface area is 148 Å². The van der Waals surface area contributed by atoms with Crippen LogP contribution in [0.4, 0.5) is 23.2 Å². The highest BCUT2D eigenvalue weighted by molar-refractivity contribution is 5.97.